The second kappa shape index (κ2) is 5.46. The van der Waals surface area contributed by atoms with Gasteiger partial charge in [0.25, 0.3) is 0 Å². The number of benzene rings is 1. The van der Waals surface area contributed by atoms with Crippen molar-refractivity contribution in [3.63, 3.8) is 0 Å². The molecular formula is C17H11F3N2O. The van der Waals surface area contributed by atoms with Crippen LogP contribution in [0.1, 0.15) is 27.3 Å². The second-order valence-corrected chi connectivity index (χ2v) is 5.07. The summed E-state index contributed by atoms with van der Waals surface area (Å²) >= 11 is 0. The van der Waals surface area contributed by atoms with E-state index in [0.29, 0.717) is 10.9 Å². The van der Waals surface area contributed by atoms with Crippen LogP contribution in [0.25, 0.3) is 10.9 Å². The number of fused-ring (bicyclic) bond motifs is 1. The van der Waals surface area contributed by atoms with Crippen molar-refractivity contribution in [1.82, 2.24) is 9.97 Å². The molecule has 0 fully saturated rings. The highest BCUT2D eigenvalue weighted by Crippen LogP contribution is 2.32. The van der Waals surface area contributed by atoms with Gasteiger partial charge >= 0.3 is 6.18 Å². The lowest BCUT2D eigenvalue weighted by Gasteiger charge is -2.12. The number of pyridine rings is 2. The number of hydrogen-bond donors (Lipinski definition) is 0. The molecule has 3 rings (SSSR count). The van der Waals surface area contributed by atoms with Crippen LogP contribution in [-0.4, -0.2) is 15.8 Å². The molecule has 0 atom stereocenters. The Bertz CT molecular complexity index is 889. The summed E-state index contributed by atoms with van der Waals surface area (Å²) in [4.78, 5) is 20.2. The Labute approximate surface area is 129 Å². The predicted octanol–water partition coefficient (Wildman–Crippen LogP) is 4.19. The van der Waals surface area contributed by atoms with Crippen molar-refractivity contribution in [2.75, 3.05) is 0 Å². The maximum absolute atomic E-state index is 13.1. The summed E-state index contributed by atoms with van der Waals surface area (Å²) < 4.78 is 39.3. The second-order valence-electron chi connectivity index (χ2n) is 5.07. The van der Waals surface area contributed by atoms with Crippen LogP contribution in [0.3, 0.4) is 0 Å². The van der Waals surface area contributed by atoms with Gasteiger partial charge in [0.1, 0.15) is 11.4 Å². The van der Waals surface area contributed by atoms with Crippen molar-refractivity contribution < 1.29 is 18.0 Å². The highest BCUT2D eigenvalue weighted by Gasteiger charge is 2.34. The van der Waals surface area contributed by atoms with Gasteiger partial charge in [-0.2, -0.15) is 13.2 Å². The summed E-state index contributed by atoms with van der Waals surface area (Å²) in [6.07, 6.45) is -3.21. The van der Waals surface area contributed by atoms with Crippen LogP contribution in [0.15, 0.2) is 48.7 Å². The summed E-state index contributed by atoms with van der Waals surface area (Å²) in [5.74, 6) is -0.561. The molecule has 3 nitrogen and oxygen atoms in total. The molecule has 0 aliphatic heterocycles. The van der Waals surface area contributed by atoms with Gasteiger partial charge in [0.15, 0.2) is 0 Å². The summed E-state index contributed by atoms with van der Waals surface area (Å²) in [7, 11) is 0. The van der Waals surface area contributed by atoms with Crippen LogP contribution in [0.4, 0.5) is 13.2 Å². The topological polar surface area (TPSA) is 42.9 Å². The number of carbonyl (C=O) groups excluding carboxylic acids is 1. The highest BCUT2D eigenvalue weighted by atomic mass is 19.4. The number of nitrogens with zero attached hydrogens (tertiary/aromatic N) is 2. The van der Waals surface area contributed by atoms with Gasteiger partial charge in [0, 0.05) is 17.1 Å². The Kier molecular flexibility index (Phi) is 3.60. The minimum atomic E-state index is -4.63. The Morgan fingerprint density at radius 3 is 2.52 bits per heavy atom. The zero-order valence-electron chi connectivity index (χ0n) is 12.1. The summed E-state index contributed by atoms with van der Waals surface area (Å²) in [6.45, 7) is 1.66. The van der Waals surface area contributed by atoms with Gasteiger partial charge in [-0.05, 0) is 30.7 Å². The van der Waals surface area contributed by atoms with Crippen LogP contribution in [0.5, 0.6) is 0 Å². The lowest BCUT2D eigenvalue weighted by atomic mass is 9.99. The number of hydrogen-bond acceptors (Lipinski definition) is 3. The molecule has 2 heterocycles. The molecule has 0 spiro atoms. The number of carbonyl (C=O) groups is 1. The molecule has 1 aromatic carbocycles. The van der Waals surface area contributed by atoms with Crippen LogP contribution >= 0.6 is 0 Å². The van der Waals surface area contributed by atoms with E-state index in [2.05, 4.69) is 9.97 Å². The van der Waals surface area contributed by atoms with Crippen LogP contribution in [0.2, 0.25) is 0 Å². The van der Waals surface area contributed by atoms with Crippen molar-refractivity contribution in [3.8, 4) is 0 Å². The Hall–Kier alpha value is -2.76. The fraction of sp³-hybridized carbons (Fsp3) is 0.118. The number of aromatic nitrogens is 2. The maximum atomic E-state index is 13.1. The lowest BCUT2D eigenvalue weighted by molar-refractivity contribution is -0.140. The van der Waals surface area contributed by atoms with Gasteiger partial charge in [-0.15, -0.1) is 0 Å². The molecular weight excluding hydrogens is 305 g/mol. The number of para-hydroxylation sites is 1. The van der Waals surface area contributed by atoms with Gasteiger partial charge in [0.05, 0.1) is 5.52 Å². The average Bonchev–Trinajstić information content (AvgIpc) is 2.54. The third kappa shape index (κ3) is 2.79. The maximum Gasteiger partial charge on any atom is 0.433 e. The molecule has 0 aliphatic carbocycles. The normalized spacial score (nSPS) is 11.7. The summed E-state index contributed by atoms with van der Waals surface area (Å²) in [5, 5.41) is 0.383. The number of halogens is 3. The third-order valence-corrected chi connectivity index (χ3v) is 3.47. The lowest BCUT2D eigenvalue weighted by Crippen LogP contribution is -2.12. The number of rotatable bonds is 2. The van der Waals surface area contributed by atoms with E-state index in [9.17, 15) is 18.0 Å². The molecule has 0 N–H and O–H groups in total. The predicted molar refractivity (Wildman–Crippen MR) is 79.2 cm³/mol. The standard InChI is InChI=1S/C17H11F3N2O/c1-10-5-4-6-11-12(16(23)13-7-2-3-8-21-13)9-14(17(18,19)20)22-15(10)11/h2-9H,1H3. The molecule has 0 radical (unpaired) electrons. The van der Waals surface area contributed by atoms with Gasteiger partial charge in [-0.25, -0.2) is 4.98 Å². The van der Waals surface area contributed by atoms with E-state index in [1.165, 1.54) is 12.3 Å². The molecule has 6 heteroatoms. The quantitative estimate of drug-likeness (QED) is 0.666. The van der Waals surface area contributed by atoms with E-state index >= 15 is 0 Å². The minimum absolute atomic E-state index is 0.0512. The third-order valence-electron chi connectivity index (χ3n) is 3.47. The molecule has 3 aromatic rings. The van der Waals surface area contributed by atoms with Gasteiger partial charge < -0.3 is 0 Å². The Morgan fingerprint density at radius 2 is 1.87 bits per heavy atom. The van der Waals surface area contributed by atoms with Crippen molar-refractivity contribution in [1.29, 1.82) is 0 Å². The summed E-state index contributed by atoms with van der Waals surface area (Å²) in [5.41, 5.74) is -0.303. The molecule has 0 amide bonds. The number of ketones is 1. The molecule has 23 heavy (non-hydrogen) atoms. The molecule has 2 aromatic heterocycles. The van der Waals surface area contributed by atoms with Gasteiger partial charge in [0.2, 0.25) is 5.78 Å². The van der Waals surface area contributed by atoms with Crippen molar-refractivity contribution in [3.05, 3.63) is 71.2 Å². The zero-order valence-corrected chi connectivity index (χ0v) is 12.1. The van der Waals surface area contributed by atoms with E-state index in [1.807, 2.05) is 0 Å². The average molecular weight is 316 g/mol. The first-order valence-electron chi connectivity index (χ1n) is 6.81. The van der Waals surface area contributed by atoms with Gasteiger partial charge in [-0.1, -0.05) is 24.3 Å². The van der Waals surface area contributed by atoms with E-state index in [0.717, 1.165) is 6.07 Å². The molecule has 0 aliphatic rings. The first-order valence-corrected chi connectivity index (χ1v) is 6.81. The SMILES string of the molecule is Cc1cccc2c(C(=O)c3ccccn3)cc(C(F)(F)F)nc12. The van der Waals surface area contributed by atoms with Crippen molar-refractivity contribution >= 4 is 16.7 Å². The smallest absolute Gasteiger partial charge is 0.287 e. The first kappa shape index (κ1) is 15.1. The molecule has 116 valence electrons. The van der Waals surface area contributed by atoms with Gasteiger partial charge in [-0.3, -0.25) is 9.78 Å². The fourth-order valence-corrected chi connectivity index (χ4v) is 2.36. The van der Waals surface area contributed by atoms with E-state index in [4.69, 9.17) is 0 Å². The Balaban J connectivity index is 2.31. The van der Waals surface area contributed by atoms with Crippen LogP contribution in [0, 0.1) is 6.92 Å². The Morgan fingerprint density at radius 1 is 1.09 bits per heavy atom. The number of aryl methyl sites for hydroxylation is 1. The number of alkyl halides is 3. The first-order chi connectivity index (χ1) is 10.9. The highest BCUT2D eigenvalue weighted by molar-refractivity contribution is 6.15. The fourth-order valence-electron chi connectivity index (χ4n) is 2.36. The largest absolute Gasteiger partial charge is 0.433 e. The van der Waals surface area contributed by atoms with Crippen molar-refractivity contribution in [2.24, 2.45) is 0 Å². The minimum Gasteiger partial charge on any atom is -0.287 e. The molecule has 0 saturated heterocycles. The molecule has 0 unspecified atom stereocenters. The summed E-state index contributed by atoms with van der Waals surface area (Å²) in [6, 6.07) is 10.4. The van der Waals surface area contributed by atoms with Crippen molar-refractivity contribution in [2.45, 2.75) is 13.1 Å². The van der Waals surface area contributed by atoms with E-state index in [-0.39, 0.29) is 16.8 Å². The monoisotopic (exact) mass is 316 g/mol. The van der Waals surface area contributed by atoms with E-state index < -0.39 is 17.7 Å². The van der Waals surface area contributed by atoms with E-state index in [1.54, 1.807) is 37.3 Å². The molecule has 0 bridgehead atoms. The zero-order chi connectivity index (χ0) is 16.6. The molecule has 0 saturated carbocycles. The van der Waals surface area contributed by atoms with Crippen LogP contribution in [-0.2, 0) is 6.18 Å². The van der Waals surface area contributed by atoms with Crippen LogP contribution < -0.4 is 0 Å².